The summed E-state index contributed by atoms with van der Waals surface area (Å²) in [7, 11) is 0. The summed E-state index contributed by atoms with van der Waals surface area (Å²) in [6.07, 6.45) is 0. The molecular weight excluding hydrogens is 373 g/mol. The fourth-order valence-electron chi connectivity index (χ4n) is 1.65. The number of benzene rings is 1. The molecule has 0 fully saturated rings. The zero-order valence-electron chi connectivity index (χ0n) is 13.6. The fraction of sp³-hybridized carbons (Fsp3) is 0.333. The Labute approximate surface area is 153 Å². The van der Waals surface area contributed by atoms with Gasteiger partial charge in [0.15, 0.2) is 6.73 Å². The van der Waals surface area contributed by atoms with Crippen LogP contribution in [0, 0.1) is 5.41 Å². The van der Waals surface area contributed by atoms with Gasteiger partial charge in [-0.1, -0.05) is 33.5 Å². The molecule has 1 aromatic heterocycles. The SMILES string of the molecule is CC(C)(C)C(=O)OCn1nnc(Oc2ccc(Cl)c(Cl)c2)c1C(=O)O. The van der Waals surface area contributed by atoms with Crippen molar-refractivity contribution >= 4 is 35.1 Å². The minimum absolute atomic E-state index is 0.232. The summed E-state index contributed by atoms with van der Waals surface area (Å²) in [5.41, 5.74) is -1.10. The van der Waals surface area contributed by atoms with Crippen molar-refractivity contribution < 1.29 is 24.2 Å². The number of carboxylic acid groups (broad SMARTS) is 1. The molecule has 8 nitrogen and oxygen atoms in total. The summed E-state index contributed by atoms with van der Waals surface area (Å²) in [6, 6.07) is 4.40. The lowest BCUT2D eigenvalue weighted by Crippen LogP contribution is -2.25. The first-order chi connectivity index (χ1) is 11.6. The van der Waals surface area contributed by atoms with Gasteiger partial charge in [-0.05, 0) is 32.9 Å². The highest BCUT2D eigenvalue weighted by molar-refractivity contribution is 6.42. The predicted molar refractivity (Wildman–Crippen MR) is 89.1 cm³/mol. The third-order valence-corrected chi connectivity index (χ3v) is 3.68. The third-order valence-electron chi connectivity index (χ3n) is 2.94. The number of ether oxygens (including phenoxy) is 2. The van der Waals surface area contributed by atoms with Gasteiger partial charge in [0.25, 0.3) is 5.88 Å². The maximum absolute atomic E-state index is 11.8. The number of carbonyl (C=O) groups is 2. The maximum Gasteiger partial charge on any atom is 0.360 e. The molecule has 0 atom stereocenters. The van der Waals surface area contributed by atoms with E-state index in [4.69, 9.17) is 32.7 Å². The van der Waals surface area contributed by atoms with Crippen molar-refractivity contribution in [2.75, 3.05) is 0 Å². The molecule has 0 saturated heterocycles. The average Bonchev–Trinajstić information content (AvgIpc) is 2.90. The van der Waals surface area contributed by atoms with Gasteiger partial charge >= 0.3 is 11.9 Å². The summed E-state index contributed by atoms with van der Waals surface area (Å²) < 4.78 is 11.4. The lowest BCUT2D eigenvalue weighted by molar-refractivity contribution is -0.157. The van der Waals surface area contributed by atoms with E-state index >= 15 is 0 Å². The molecule has 0 aliphatic heterocycles. The van der Waals surface area contributed by atoms with Crippen molar-refractivity contribution in [2.45, 2.75) is 27.5 Å². The first kappa shape index (κ1) is 19.0. The van der Waals surface area contributed by atoms with Gasteiger partial charge < -0.3 is 14.6 Å². The molecule has 0 radical (unpaired) electrons. The molecule has 1 N–H and O–H groups in total. The van der Waals surface area contributed by atoms with Crippen LogP contribution in [-0.2, 0) is 16.3 Å². The van der Waals surface area contributed by atoms with E-state index in [1.165, 1.54) is 18.2 Å². The van der Waals surface area contributed by atoms with E-state index in [2.05, 4.69) is 10.3 Å². The van der Waals surface area contributed by atoms with Crippen LogP contribution in [0.25, 0.3) is 0 Å². The Morgan fingerprint density at radius 2 is 1.92 bits per heavy atom. The molecule has 0 saturated carbocycles. The molecular formula is C15H15Cl2N3O5. The normalized spacial score (nSPS) is 11.2. The standard InChI is InChI=1S/C15H15Cl2N3O5/c1-15(2,3)14(23)24-7-20-11(13(21)22)12(18-19-20)25-8-4-5-9(16)10(17)6-8/h4-6H,7H2,1-3H3,(H,21,22). The molecule has 134 valence electrons. The number of aromatic nitrogens is 3. The van der Waals surface area contributed by atoms with Gasteiger partial charge in [0.05, 0.1) is 15.5 Å². The van der Waals surface area contributed by atoms with E-state index in [0.29, 0.717) is 5.02 Å². The molecule has 1 aromatic carbocycles. The van der Waals surface area contributed by atoms with Gasteiger partial charge in [-0.15, -0.1) is 0 Å². The second kappa shape index (κ2) is 7.28. The Balaban J connectivity index is 2.22. The van der Waals surface area contributed by atoms with Crippen LogP contribution in [0.5, 0.6) is 11.6 Å². The van der Waals surface area contributed by atoms with E-state index in [-0.39, 0.29) is 22.3 Å². The molecule has 1 heterocycles. The Bertz CT molecular complexity index is 814. The lowest BCUT2D eigenvalue weighted by atomic mass is 9.98. The fourth-order valence-corrected chi connectivity index (χ4v) is 1.93. The van der Waals surface area contributed by atoms with Crippen molar-refractivity contribution in [3.8, 4) is 11.6 Å². The van der Waals surface area contributed by atoms with E-state index < -0.39 is 24.1 Å². The van der Waals surface area contributed by atoms with Crippen molar-refractivity contribution in [3.05, 3.63) is 33.9 Å². The lowest BCUT2D eigenvalue weighted by Gasteiger charge is -2.16. The third kappa shape index (κ3) is 4.61. The quantitative estimate of drug-likeness (QED) is 0.780. The predicted octanol–water partition coefficient (Wildman–Crippen LogP) is 3.62. The summed E-state index contributed by atoms with van der Waals surface area (Å²) >= 11 is 11.7. The van der Waals surface area contributed by atoms with Crippen molar-refractivity contribution in [1.29, 1.82) is 0 Å². The van der Waals surface area contributed by atoms with Gasteiger partial charge in [0.1, 0.15) is 5.75 Å². The van der Waals surface area contributed by atoms with Crippen LogP contribution in [0.2, 0.25) is 10.0 Å². The molecule has 0 spiro atoms. The van der Waals surface area contributed by atoms with Crippen LogP contribution >= 0.6 is 23.2 Å². The highest BCUT2D eigenvalue weighted by Crippen LogP contribution is 2.30. The zero-order valence-corrected chi connectivity index (χ0v) is 15.1. The van der Waals surface area contributed by atoms with E-state index in [1.54, 1.807) is 20.8 Å². The van der Waals surface area contributed by atoms with Crippen LogP contribution in [0.4, 0.5) is 0 Å². The Hall–Kier alpha value is -2.32. The average molecular weight is 388 g/mol. The molecule has 0 aliphatic carbocycles. The first-order valence-corrected chi connectivity index (χ1v) is 7.82. The summed E-state index contributed by atoms with van der Waals surface area (Å²) in [5, 5.41) is 17.3. The number of rotatable bonds is 5. The van der Waals surface area contributed by atoms with Crippen LogP contribution in [-0.4, -0.2) is 32.0 Å². The number of esters is 1. The Morgan fingerprint density at radius 3 is 2.48 bits per heavy atom. The van der Waals surface area contributed by atoms with Crippen molar-refractivity contribution in [2.24, 2.45) is 5.41 Å². The Kier molecular flexibility index (Phi) is 5.54. The number of carboxylic acids is 1. The number of aromatic carboxylic acids is 1. The van der Waals surface area contributed by atoms with Gasteiger partial charge in [-0.25, -0.2) is 4.79 Å². The second-order valence-electron chi connectivity index (χ2n) is 6.04. The maximum atomic E-state index is 11.8. The van der Waals surface area contributed by atoms with E-state index in [1.807, 2.05) is 0 Å². The van der Waals surface area contributed by atoms with Gasteiger partial charge in [-0.3, -0.25) is 4.79 Å². The van der Waals surface area contributed by atoms with E-state index in [9.17, 15) is 14.7 Å². The molecule has 2 aromatic rings. The number of halogens is 2. The van der Waals surface area contributed by atoms with Crippen molar-refractivity contribution in [1.82, 2.24) is 15.0 Å². The summed E-state index contributed by atoms with van der Waals surface area (Å²) in [4.78, 5) is 23.3. The number of nitrogens with zero attached hydrogens (tertiary/aromatic N) is 3. The number of carbonyl (C=O) groups excluding carboxylic acids is 1. The summed E-state index contributed by atoms with van der Waals surface area (Å²) in [5.74, 6) is -1.88. The highest BCUT2D eigenvalue weighted by Gasteiger charge is 2.26. The van der Waals surface area contributed by atoms with Gasteiger partial charge in [0.2, 0.25) is 5.69 Å². The largest absolute Gasteiger partial charge is 0.476 e. The molecule has 0 bridgehead atoms. The smallest absolute Gasteiger partial charge is 0.360 e. The minimum Gasteiger partial charge on any atom is -0.476 e. The molecule has 0 unspecified atom stereocenters. The van der Waals surface area contributed by atoms with Crippen LogP contribution in [0.1, 0.15) is 31.3 Å². The highest BCUT2D eigenvalue weighted by atomic mass is 35.5. The van der Waals surface area contributed by atoms with Gasteiger partial charge in [-0.2, -0.15) is 4.68 Å². The zero-order chi connectivity index (χ0) is 18.8. The summed E-state index contributed by atoms with van der Waals surface area (Å²) in [6.45, 7) is 4.62. The molecule has 0 amide bonds. The van der Waals surface area contributed by atoms with Crippen molar-refractivity contribution in [3.63, 3.8) is 0 Å². The molecule has 2 rings (SSSR count). The number of hydrogen-bond donors (Lipinski definition) is 1. The first-order valence-electron chi connectivity index (χ1n) is 7.06. The minimum atomic E-state index is -1.34. The monoisotopic (exact) mass is 387 g/mol. The number of hydrogen-bond acceptors (Lipinski definition) is 6. The molecule has 0 aliphatic rings. The Morgan fingerprint density at radius 1 is 1.24 bits per heavy atom. The van der Waals surface area contributed by atoms with Crippen LogP contribution in [0.15, 0.2) is 18.2 Å². The molecule has 25 heavy (non-hydrogen) atoms. The second-order valence-corrected chi connectivity index (χ2v) is 6.85. The topological polar surface area (TPSA) is 104 Å². The molecule has 10 heteroatoms. The van der Waals surface area contributed by atoms with E-state index in [0.717, 1.165) is 4.68 Å². The van der Waals surface area contributed by atoms with Gasteiger partial charge in [0, 0.05) is 6.07 Å². The van der Waals surface area contributed by atoms with Crippen LogP contribution in [0.3, 0.4) is 0 Å². The van der Waals surface area contributed by atoms with Crippen LogP contribution < -0.4 is 4.74 Å².